The van der Waals surface area contributed by atoms with Crippen molar-refractivity contribution in [1.82, 2.24) is 0 Å². The maximum absolute atomic E-state index is 12.6. The Labute approximate surface area is 199 Å². The third-order valence-electron chi connectivity index (χ3n) is 7.30. The van der Waals surface area contributed by atoms with Gasteiger partial charge in [-0.05, 0) is 43.7 Å². The number of rotatable bonds is 13. The Morgan fingerprint density at radius 3 is 2.36 bits per heavy atom. The third-order valence-corrected chi connectivity index (χ3v) is 8.60. The van der Waals surface area contributed by atoms with Gasteiger partial charge in [-0.25, -0.2) is 0 Å². The molecule has 1 saturated heterocycles. The molecule has 6 nitrogen and oxygen atoms in total. The van der Waals surface area contributed by atoms with Crippen molar-refractivity contribution in [3.05, 3.63) is 29.8 Å². The van der Waals surface area contributed by atoms with E-state index < -0.39 is 15.9 Å². The molecule has 3 atom stereocenters. The summed E-state index contributed by atoms with van der Waals surface area (Å²) in [5, 5.41) is 0. The Hall–Kier alpha value is -1.28. The molecule has 2 aliphatic rings. The monoisotopic (exact) mass is 480 g/mol. The van der Waals surface area contributed by atoms with Crippen LogP contribution < -0.4 is 0 Å². The second kappa shape index (κ2) is 11.9. The van der Waals surface area contributed by atoms with Crippen molar-refractivity contribution in [2.75, 3.05) is 19.8 Å². The van der Waals surface area contributed by atoms with Crippen LogP contribution in [0.15, 0.2) is 29.2 Å². The number of aryl methyl sites for hydroxylation is 1. The minimum absolute atomic E-state index is 0.0304. The minimum Gasteiger partial charge on any atom is -0.348 e. The highest BCUT2D eigenvalue weighted by molar-refractivity contribution is 7.86. The van der Waals surface area contributed by atoms with Crippen LogP contribution in [0.1, 0.15) is 77.2 Å². The molecular formula is C26H40O6S. The van der Waals surface area contributed by atoms with Crippen LogP contribution in [0.4, 0.5) is 0 Å². The van der Waals surface area contributed by atoms with E-state index >= 15 is 0 Å². The quantitative estimate of drug-likeness (QED) is 0.277. The molecule has 1 aliphatic heterocycles. The number of benzene rings is 1. The number of unbranched alkanes of at least 4 members (excludes halogenated alkanes) is 4. The first kappa shape index (κ1) is 26.3. The molecule has 0 unspecified atom stereocenters. The Morgan fingerprint density at radius 2 is 1.70 bits per heavy atom. The summed E-state index contributed by atoms with van der Waals surface area (Å²) < 4.78 is 42.8. The smallest absolute Gasteiger partial charge is 0.296 e. The van der Waals surface area contributed by atoms with E-state index in [0.717, 1.165) is 31.2 Å². The molecular weight excluding hydrogens is 440 g/mol. The Bertz CT molecular complexity index is 857. The van der Waals surface area contributed by atoms with E-state index in [1.165, 1.54) is 25.7 Å². The highest BCUT2D eigenvalue weighted by atomic mass is 32.2. The van der Waals surface area contributed by atoms with Crippen molar-refractivity contribution in [2.45, 2.75) is 89.2 Å². The normalized spacial score (nSPS) is 25.1. The summed E-state index contributed by atoms with van der Waals surface area (Å²) in [4.78, 5) is 12.7. The molecule has 1 aliphatic carbocycles. The zero-order chi connectivity index (χ0) is 23.9. The molecule has 0 spiro atoms. The lowest BCUT2D eigenvalue weighted by atomic mass is 9.84. The lowest BCUT2D eigenvalue weighted by Crippen LogP contribution is -2.32. The Kier molecular flexibility index (Phi) is 9.51. The molecule has 3 rings (SSSR count). The van der Waals surface area contributed by atoms with Crippen LogP contribution in [0.3, 0.4) is 0 Å². The van der Waals surface area contributed by atoms with Crippen LogP contribution in [-0.4, -0.2) is 39.8 Å². The average Bonchev–Trinajstić information content (AvgIpc) is 3.36. The van der Waals surface area contributed by atoms with Gasteiger partial charge in [-0.15, -0.1) is 0 Å². The van der Waals surface area contributed by atoms with E-state index in [9.17, 15) is 13.2 Å². The Balaban J connectivity index is 1.58. The van der Waals surface area contributed by atoms with E-state index in [0.29, 0.717) is 19.6 Å². The van der Waals surface area contributed by atoms with Crippen LogP contribution in [0.2, 0.25) is 0 Å². The van der Waals surface area contributed by atoms with Gasteiger partial charge in [0.05, 0.1) is 24.7 Å². The fourth-order valence-corrected chi connectivity index (χ4v) is 6.12. The molecule has 1 aromatic carbocycles. The highest BCUT2D eigenvalue weighted by Crippen LogP contribution is 2.41. The first-order valence-corrected chi connectivity index (χ1v) is 13.9. The van der Waals surface area contributed by atoms with E-state index in [4.69, 9.17) is 13.7 Å². The molecule has 0 amide bonds. The second-order valence-electron chi connectivity index (χ2n) is 9.75. The molecule has 2 fully saturated rings. The largest absolute Gasteiger partial charge is 0.348 e. The predicted octanol–water partition coefficient (Wildman–Crippen LogP) is 5.43. The SMILES string of the molecule is CCCCCCCC1(CC[C@H]2[C@H](COS(=O)(=O)c3ccc(C)cc3)CC(=O)[C@@H]2C)OCCO1. The zero-order valence-electron chi connectivity index (χ0n) is 20.4. The topological polar surface area (TPSA) is 78.9 Å². The lowest BCUT2D eigenvalue weighted by molar-refractivity contribution is -0.171. The average molecular weight is 481 g/mol. The summed E-state index contributed by atoms with van der Waals surface area (Å²) in [6, 6.07) is 6.63. The van der Waals surface area contributed by atoms with E-state index in [2.05, 4.69) is 6.92 Å². The number of hydrogen-bond donors (Lipinski definition) is 0. The van der Waals surface area contributed by atoms with Crippen molar-refractivity contribution in [3.8, 4) is 0 Å². The fraction of sp³-hybridized carbons (Fsp3) is 0.731. The molecule has 7 heteroatoms. The van der Waals surface area contributed by atoms with Gasteiger partial charge < -0.3 is 9.47 Å². The van der Waals surface area contributed by atoms with E-state index in [1.807, 2.05) is 13.8 Å². The van der Waals surface area contributed by atoms with Gasteiger partial charge >= 0.3 is 0 Å². The maximum Gasteiger partial charge on any atom is 0.296 e. The molecule has 186 valence electrons. The first-order chi connectivity index (χ1) is 15.8. The molecule has 0 radical (unpaired) electrons. The van der Waals surface area contributed by atoms with Gasteiger partial charge in [0.15, 0.2) is 5.79 Å². The second-order valence-corrected chi connectivity index (χ2v) is 11.4. The van der Waals surface area contributed by atoms with E-state index in [1.54, 1.807) is 24.3 Å². The van der Waals surface area contributed by atoms with Crippen molar-refractivity contribution in [2.24, 2.45) is 17.8 Å². The summed E-state index contributed by atoms with van der Waals surface area (Å²) >= 11 is 0. The standard InChI is InChI=1S/C26H40O6S/c1-4-5-6-7-8-14-26(30-16-17-31-26)15-13-24-21(3)25(27)18-22(24)19-32-33(28,29)23-11-9-20(2)10-12-23/h9-12,21-22,24H,4-8,13-19H2,1-3H3/t21-,22+,24-/m1/s1. The van der Waals surface area contributed by atoms with Gasteiger partial charge in [-0.1, -0.05) is 57.2 Å². The van der Waals surface area contributed by atoms with Gasteiger partial charge in [-0.2, -0.15) is 8.42 Å². The summed E-state index contributed by atoms with van der Waals surface area (Å²) in [6.07, 6.45) is 8.67. The van der Waals surface area contributed by atoms with Gasteiger partial charge in [0, 0.05) is 25.2 Å². The Morgan fingerprint density at radius 1 is 1.03 bits per heavy atom. The van der Waals surface area contributed by atoms with Crippen LogP contribution in [-0.2, 0) is 28.6 Å². The number of hydrogen-bond acceptors (Lipinski definition) is 6. The third kappa shape index (κ3) is 7.10. The summed E-state index contributed by atoms with van der Waals surface area (Å²) in [7, 11) is -3.85. The van der Waals surface area contributed by atoms with Crippen molar-refractivity contribution < 1.29 is 26.9 Å². The van der Waals surface area contributed by atoms with Crippen LogP contribution in [0, 0.1) is 24.7 Å². The fourth-order valence-electron chi connectivity index (χ4n) is 5.16. The summed E-state index contributed by atoms with van der Waals surface area (Å²) in [5.41, 5.74) is 0.986. The maximum atomic E-state index is 12.6. The highest BCUT2D eigenvalue weighted by Gasteiger charge is 2.43. The predicted molar refractivity (Wildman–Crippen MR) is 127 cm³/mol. The lowest BCUT2D eigenvalue weighted by Gasteiger charge is -2.31. The number of carbonyl (C=O) groups excluding carboxylic acids is 1. The molecule has 0 N–H and O–H groups in total. The van der Waals surface area contributed by atoms with Gasteiger partial charge in [0.2, 0.25) is 0 Å². The number of Topliss-reactive ketones (excluding diaryl/α,β-unsaturated/α-hetero) is 1. The molecule has 33 heavy (non-hydrogen) atoms. The molecule has 1 saturated carbocycles. The van der Waals surface area contributed by atoms with Gasteiger partial charge in [0.25, 0.3) is 10.1 Å². The van der Waals surface area contributed by atoms with Crippen molar-refractivity contribution in [1.29, 1.82) is 0 Å². The molecule has 0 aromatic heterocycles. The van der Waals surface area contributed by atoms with Crippen LogP contribution in [0.5, 0.6) is 0 Å². The van der Waals surface area contributed by atoms with Crippen molar-refractivity contribution in [3.63, 3.8) is 0 Å². The number of ether oxygens (including phenoxy) is 2. The first-order valence-electron chi connectivity index (χ1n) is 12.5. The minimum atomic E-state index is -3.85. The van der Waals surface area contributed by atoms with E-state index in [-0.39, 0.29) is 35.0 Å². The summed E-state index contributed by atoms with van der Waals surface area (Å²) in [6.45, 7) is 7.31. The summed E-state index contributed by atoms with van der Waals surface area (Å²) in [5.74, 6) is -0.533. The van der Waals surface area contributed by atoms with Crippen LogP contribution in [0.25, 0.3) is 0 Å². The molecule has 1 aromatic rings. The molecule has 1 heterocycles. The molecule has 0 bridgehead atoms. The van der Waals surface area contributed by atoms with Crippen molar-refractivity contribution >= 4 is 15.9 Å². The van der Waals surface area contributed by atoms with Crippen LogP contribution >= 0.6 is 0 Å². The van der Waals surface area contributed by atoms with Gasteiger partial charge in [-0.3, -0.25) is 8.98 Å². The number of ketones is 1. The van der Waals surface area contributed by atoms with Gasteiger partial charge in [0.1, 0.15) is 5.78 Å². The number of carbonyl (C=O) groups is 1. The zero-order valence-corrected chi connectivity index (χ0v) is 21.2.